The molecule has 0 saturated heterocycles. The van der Waals surface area contributed by atoms with Crippen molar-refractivity contribution in [3.8, 4) is 44.5 Å². The second-order valence-electron chi connectivity index (χ2n) is 13.7. The number of anilines is 3. The fraction of sp³-hybridized carbons (Fsp3) is 0. The minimum atomic E-state index is 0.870. The summed E-state index contributed by atoms with van der Waals surface area (Å²) in [5.74, 6) is 0. The van der Waals surface area contributed by atoms with Gasteiger partial charge in [-0.3, -0.25) is 0 Å². The molecule has 0 fully saturated rings. The lowest BCUT2D eigenvalue weighted by atomic mass is 9.97. The largest absolute Gasteiger partial charge is 0.455 e. The Balaban J connectivity index is 1.14. The minimum Gasteiger partial charge on any atom is -0.455 e. The number of para-hydroxylation sites is 1. The maximum atomic E-state index is 6.80. The van der Waals surface area contributed by atoms with Gasteiger partial charge in [0.25, 0.3) is 0 Å². The lowest BCUT2D eigenvalue weighted by molar-refractivity contribution is 0.670. The zero-order valence-corrected chi connectivity index (χ0v) is 29.6. The van der Waals surface area contributed by atoms with E-state index in [-0.39, 0.29) is 0 Å². The topological polar surface area (TPSA) is 16.4 Å². The SMILES string of the molecule is c1ccc(-c2ccc(-c3ccc(N(c4cccc(-c5ccccc5)c4)c4ccc(-c5ccc6ccccc6c5)c5oc6ccccc6c45)cc3)cc2)cc1. The van der Waals surface area contributed by atoms with Crippen LogP contribution in [0.5, 0.6) is 0 Å². The van der Waals surface area contributed by atoms with Crippen molar-refractivity contribution in [2.24, 2.45) is 0 Å². The predicted octanol–water partition coefficient (Wildman–Crippen LogP) is 14.9. The van der Waals surface area contributed by atoms with Gasteiger partial charge in [0.1, 0.15) is 11.2 Å². The van der Waals surface area contributed by atoms with Crippen molar-refractivity contribution in [1.29, 1.82) is 0 Å². The first-order valence-corrected chi connectivity index (χ1v) is 18.4. The van der Waals surface area contributed by atoms with Crippen molar-refractivity contribution >= 4 is 49.8 Å². The maximum Gasteiger partial charge on any atom is 0.145 e. The van der Waals surface area contributed by atoms with E-state index in [0.717, 1.165) is 55.7 Å². The zero-order chi connectivity index (χ0) is 35.8. The van der Waals surface area contributed by atoms with E-state index in [4.69, 9.17) is 4.42 Å². The van der Waals surface area contributed by atoms with Gasteiger partial charge in [-0.05, 0) is 98.2 Å². The Bertz CT molecular complexity index is 2910. The predicted molar refractivity (Wildman–Crippen MR) is 228 cm³/mol. The Morgan fingerprint density at radius 3 is 1.61 bits per heavy atom. The first-order valence-electron chi connectivity index (χ1n) is 18.4. The summed E-state index contributed by atoms with van der Waals surface area (Å²) in [5.41, 5.74) is 14.3. The summed E-state index contributed by atoms with van der Waals surface area (Å²) in [6.45, 7) is 0. The molecule has 0 aliphatic carbocycles. The van der Waals surface area contributed by atoms with Crippen LogP contribution < -0.4 is 4.90 Å². The Hall–Kier alpha value is -7.16. The smallest absolute Gasteiger partial charge is 0.145 e. The molecule has 0 saturated carbocycles. The number of nitrogens with zero attached hydrogens (tertiary/aromatic N) is 1. The van der Waals surface area contributed by atoms with Crippen molar-refractivity contribution in [3.63, 3.8) is 0 Å². The highest BCUT2D eigenvalue weighted by atomic mass is 16.3. The molecule has 1 heterocycles. The van der Waals surface area contributed by atoms with Crippen LogP contribution in [0.1, 0.15) is 0 Å². The van der Waals surface area contributed by atoms with Gasteiger partial charge in [0.05, 0.1) is 11.1 Å². The van der Waals surface area contributed by atoms with Gasteiger partial charge >= 0.3 is 0 Å². The molecule has 0 aliphatic heterocycles. The van der Waals surface area contributed by atoms with Crippen LogP contribution in [0.25, 0.3) is 77.2 Å². The van der Waals surface area contributed by atoms with E-state index in [9.17, 15) is 0 Å². The van der Waals surface area contributed by atoms with E-state index in [1.165, 1.54) is 38.6 Å². The highest BCUT2D eigenvalue weighted by Gasteiger charge is 2.22. The third-order valence-corrected chi connectivity index (χ3v) is 10.5. The van der Waals surface area contributed by atoms with Gasteiger partial charge in [-0.15, -0.1) is 0 Å². The van der Waals surface area contributed by atoms with E-state index < -0.39 is 0 Å². The van der Waals surface area contributed by atoms with Gasteiger partial charge < -0.3 is 9.32 Å². The molecule has 0 unspecified atom stereocenters. The lowest BCUT2D eigenvalue weighted by Gasteiger charge is -2.27. The van der Waals surface area contributed by atoms with Crippen molar-refractivity contribution in [2.45, 2.75) is 0 Å². The molecule has 0 atom stereocenters. The van der Waals surface area contributed by atoms with Crippen LogP contribution in [0, 0.1) is 0 Å². The average molecular weight is 690 g/mol. The molecule has 2 nitrogen and oxygen atoms in total. The van der Waals surface area contributed by atoms with E-state index in [1.807, 2.05) is 6.07 Å². The average Bonchev–Trinajstić information content (AvgIpc) is 3.65. The number of fused-ring (bicyclic) bond motifs is 4. The highest BCUT2D eigenvalue weighted by molar-refractivity contribution is 6.17. The summed E-state index contributed by atoms with van der Waals surface area (Å²) in [7, 11) is 0. The summed E-state index contributed by atoms with van der Waals surface area (Å²) in [5, 5.41) is 4.60. The standard InChI is InChI=1S/C52H35NO/c1-3-12-36(13-4-1)39-22-24-40(25-23-39)41-28-30-45(31-29-41)53(46-19-11-18-43(35-46)37-14-5-2-6-15-37)49-33-32-47(44-27-26-38-16-7-8-17-42(38)34-44)52-51(49)48-20-9-10-21-50(48)54-52/h1-35H. The van der Waals surface area contributed by atoms with E-state index >= 15 is 0 Å². The molecule has 9 aromatic carbocycles. The van der Waals surface area contributed by atoms with Crippen LogP contribution in [0.15, 0.2) is 217 Å². The summed E-state index contributed by atoms with van der Waals surface area (Å²) in [6, 6.07) is 75.8. The number of furan rings is 1. The van der Waals surface area contributed by atoms with Crippen molar-refractivity contribution in [2.75, 3.05) is 4.90 Å². The molecule has 0 N–H and O–H groups in total. The van der Waals surface area contributed by atoms with E-state index in [0.29, 0.717) is 0 Å². The molecule has 0 bridgehead atoms. The van der Waals surface area contributed by atoms with E-state index in [2.05, 4.69) is 211 Å². The number of rotatable bonds is 7. The quantitative estimate of drug-likeness (QED) is 0.166. The zero-order valence-electron chi connectivity index (χ0n) is 29.6. The molecule has 0 radical (unpaired) electrons. The minimum absolute atomic E-state index is 0.870. The van der Waals surface area contributed by atoms with Crippen molar-refractivity contribution in [1.82, 2.24) is 0 Å². The highest BCUT2D eigenvalue weighted by Crippen LogP contribution is 2.47. The molecular weight excluding hydrogens is 655 g/mol. The maximum absolute atomic E-state index is 6.80. The fourth-order valence-electron chi connectivity index (χ4n) is 7.75. The van der Waals surface area contributed by atoms with Crippen LogP contribution in [0.4, 0.5) is 17.1 Å². The van der Waals surface area contributed by atoms with Gasteiger partial charge in [0.2, 0.25) is 0 Å². The van der Waals surface area contributed by atoms with Crippen LogP contribution in [-0.2, 0) is 0 Å². The summed E-state index contributed by atoms with van der Waals surface area (Å²) in [6.07, 6.45) is 0. The van der Waals surface area contributed by atoms with Gasteiger partial charge in [-0.2, -0.15) is 0 Å². The third-order valence-electron chi connectivity index (χ3n) is 10.5. The van der Waals surface area contributed by atoms with Crippen LogP contribution in [0.2, 0.25) is 0 Å². The Morgan fingerprint density at radius 1 is 0.333 bits per heavy atom. The fourth-order valence-corrected chi connectivity index (χ4v) is 7.75. The third kappa shape index (κ3) is 5.71. The Morgan fingerprint density at radius 2 is 0.889 bits per heavy atom. The normalized spacial score (nSPS) is 11.3. The summed E-state index contributed by atoms with van der Waals surface area (Å²) < 4.78 is 6.80. The molecule has 0 amide bonds. The molecule has 0 aliphatic rings. The molecule has 1 aromatic heterocycles. The van der Waals surface area contributed by atoms with Gasteiger partial charge in [-0.1, -0.05) is 164 Å². The van der Waals surface area contributed by atoms with Crippen LogP contribution in [-0.4, -0.2) is 0 Å². The number of benzene rings is 9. The lowest BCUT2D eigenvalue weighted by Crippen LogP contribution is -2.10. The molecule has 2 heteroatoms. The monoisotopic (exact) mass is 689 g/mol. The summed E-state index contributed by atoms with van der Waals surface area (Å²) >= 11 is 0. The second kappa shape index (κ2) is 13.4. The molecular formula is C52H35NO. The molecule has 10 rings (SSSR count). The number of hydrogen-bond donors (Lipinski definition) is 0. The molecule has 54 heavy (non-hydrogen) atoms. The summed E-state index contributed by atoms with van der Waals surface area (Å²) in [4.78, 5) is 2.38. The molecule has 0 spiro atoms. The first kappa shape index (κ1) is 31.6. The number of hydrogen-bond acceptors (Lipinski definition) is 2. The second-order valence-corrected chi connectivity index (χ2v) is 13.7. The van der Waals surface area contributed by atoms with Gasteiger partial charge in [-0.25, -0.2) is 0 Å². The Kier molecular flexibility index (Phi) is 7.85. The van der Waals surface area contributed by atoms with Crippen LogP contribution >= 0.6 is 0 Å². The molecule has 254 valence electrons. The molecule has 10 aromatic rings. The van der Waals surface area contributed by atoms with Crippen molar-refractivity contribution in [3.05, 3.63) is 212 Å². The van der Waals surface area contributed by atoms with Crippen LogP contribution in [0.3, 0.4) is 0 Å². The first-order chi connectivity index (χ1) is 26.8. The Labute approximate surface area is 314 Å². The van der Waals surface area contributed by atoms with E-state index in [1.54, 1.807) is 0 Å². The van der Waals surface area contributed by atoms with Gasteiger partial charge in [0.15, 0.2) is 0 Å². The van der Waals surface area contributed by atoms with Crippen molar-refractivity contribution < 1.29 is 4.42 Å². The van der Waals surface area contributed by atoms with Gasteiger partial charge in [0, 0.05) is 22.3 Å².